The standard InChI is InChI=1S/C10H16N2O4S/c1-3-10(16-2)12-17(14,15)7-4-5-8(11)9(13)6-7/h4-6,10,12-13H,3,11H2,1-2H3. The highest BCUT2D eigenvalue weighted by Crippen LogP contribution is 2.23. The van der Waals surface area contributed by atoms with Gasteiger partial charge in [-0.3, -0.25) is 0 Å². The van der Waals surface area contributed by atoms with Crippen LogP contribution in [0.4, 0.5) is 5.69 Å². The minimum Gasteiger partial charge on any atom is -0.506 e. The summed E-state index contributed by atoms with van der Waals surface area (Å²) in [5.41, 5.74) is 5.52. The number of nitrogens with two attached hydrogens (primary N) is 1. The first-order chi connectivity index (χ1) is 7.90. The summed E-state index contributed by atoms with van der Waals surface area (Å²) in [4.78, 5) is -0.0558. The van der Waals surface area contributed by atoms with Crippen molar-refractivity contribution < 1.29 is 18.3 Å². The van der Waals surface area contributed by atoms with E-state index < -0.39 is 16.3 Å². The number of nitrogens with one attached hydrogen (secondary N) is 1. The fourth-order valence-electron chi connectivity index (χ4n) is 1.23. The Balaban J connectivity index is 3.01. The molecule has 0 aliphatic heterocycles. The van der Waals surface area contributed by atoms with Crippen molar-refractivity contribution in [2.75, 3.05) is 12.8 Å². The molecule has 96 valence electrons. The fourth-order valence-corrected chi connectivity index (χ4v) is 2.49. The van der Waals surface area contributed by atoms with Gasteiger partial charge in [-0.2, -0.15) is 4.72 Å². The predicted octanol–water partition coefficient (Wildman–Crippen LogP) is 0.635. The van der Waals surface area contributed by atoms with Gasteiger partial charge in [0.1, 0.15) is 12.0 Å². The van der Waals surface area contributed by atoms with Gasteiger partial charge in [0.25, 0.3) is 0 Å². The van der Waals surface area contributed by atoms with Crippen LogP contribution in [0.15, 0.2) is 23.1 Å². The van der Waals surface area contributed by atoms with Gasteiger partial charge in [0.05, 0.1) is 10.6 Å². The Morgan fingerprint density at radius 3 is 2.65 bits per heavy atom. The zero-order valence-electron chi connectivity index (χ0n) is 9.67. The van der Waals surface area contributed by atoms with Crippen molar-refractivity contribution in [2.24, 2.45) is 0 Å². The molecule has 0 radical (unpaired) electrons. The summed E-state index contributed by atoms with van der Waals surface area (Å²) in [6.45, 7) is 1.79. The van der Waals surface area contributed by atoms with Crippen LogP contribution < -0.4 is 10.5 Å². The molecule has 0 amide bonds. The first-order valence-corrected chi connectivity index (χ1v) is 6.52. The third-order valence-corrected chi connectivity index (χ3v) is 3.70. The van der Waals surface area contributed by atoms with Crippen LogP contribution in [0, 0.1) is 0 Å². The highest BCUT2D eigenvalue weighted by molar-refractivity contribution is 7.89. The van der Waals surface area contributed by atoms with Crippen molar-refractivity contribution in [3.8, 4) is 5.75 Å². The average Bonchev–Trinajstić information content (AvgIpc) is 2.29. The molecular formula is C10H16N2O4S. The first kappa shape index (κ1) is 13.8. The molecule has 0 saturated carbocycles. The smallest absolute Gasteiger partial charge is 0.242 e. The summed E-state index contributed by atoms with van der Waals surface area (Å²) in [6.07, 6.45) is -0.101. The quantitative estimate of drug-likeness (QED) is 0.409. The zero-order valence-corrected chi connectivity index (χ0v) is 10.5. The number of hydrogen-bond donors (Lipinski definition) is 3. The second-order valence-electron chi connectivity index (χ2n) is 3.47. The first-order valence-electron chi connectivity index (χ1n) is 5.04. The average molecular weight is 260 g/mol. The molecule has 0 spiro atoms. The molecule has 1 aromatic rings. The summed E-state index contributed by atoms with van der Waals surface area (Å²) in [7, 11) is -2.30. The molecule has 1 atom stereocenters. The monoisotopic (exact) mass is 260 g/mol. The van der Waals surface area contributed by atoms with Gasteiger partial charge in [-0.1, -0.05) is 6.92 Å². The van der Waals surface area contributed by atoms with E-state index in [1.54, 1.807) is 6.92 Å². The molecule has 0 fully saturated rings. The molecule has 0 bridgehead atoms. The van der Waals surface area contributed by atoms with Crippen LogP contribution >= 0.6 is 0 Å². The summed E-state index contributed by atoms with van der Waals surface area (Å²) >= 11 is 0. The summed E-state index contributed by atoms with van der Waals surface area (Å²) in [5, 5.41) is 9.36. The van der Waals surface area contributed by atoms with E-state index in [2.05, 4.69) is 4.72 Å². The number of benzene rings is 1. The van der Waals surface area contributed by atoms with Crippen LogP contribution in [0.25, 0.3) is 0 Å². The van der Waals surface area contributed by atoms with Crippen molar-refractivity contribution in [1.29, 1.82) is 0 Å². The predicted molar refractivity (Wildman–Crippen MR) is 63.9 cm³/mol. The maximum absolute atomic E-state index is 11.9. The lowest BCUT2D eigenvalue weighted by Gasteiger charge is -2.15. The molecule has 4 N–H and O–H groups in total. The molecule has 7 heteroatoms. The van der Waals surface area contributed by atoms with Crippen LogP contribution in [0.5, 0.6) is 5.75 Å². The normalized spacial score (nSPS) is 13.5. The Kier molecular flexibility index (Phi) is 4.33. The van der Waals surface area contributed by atoms with Crippen molar-refractivity contribution >= 4 is 15.7 Å². The van der Waals surface area contributed by atoms with Crippen molar-refractivity contribution in [2.45, 2.75) is 24.5 Å². The van der Waals surface area contributed by atoms with Gasteiger partial charge in [-0.25, -0.2) is 8.42 Å². The van der Waals surface area contributed by atoms with Crippen LogP contribution in [-0.4, -0.2) is 26.9 Å². The second kappa shape index (κ2) is 5.35. The van der Waals surface area contributed by atoms with E-state index in [0.717, 1.165) is 6.07 Å². The highest BCUT2D eigenvalue weighted by atomic mass is 32.2. The number of phenols is 1. The van der Waals surface area contributed by atoms with E-state index >= 15 is 0 Å². The minimum atomic E-state index is -3.71. The van der Waals surface area contributed by atoms with E-state index in [0.29, 0.717) is 6.42 Å². The summed E-state index contributed by atoms with van der Waals surface area (Å²) < 4.78 is 31.0. The maximum atomic E-state index is 11.9. The highest BCUT2D eigenvalue weighted by Gasteiger charge is 2.19. The molecule has 0 aliphatic carbocycles. The molecule has 1 unspecified atom stereocenters. The minimum absolute atomic E-state index is 0.0558. The summed E-state index contributed by atoms with van der Waals surface area (Å²) in [6, 6.07) is 3.75. The molecule has 1 rings (SSSR count). The lowest BCUT2D eigenvalue weighted by Crippen LogP contribution is -2.35. The molecule has 6 nitrogen and oxygen atoms in total. The van der Waals surface area contributed by atoms with Gasteiger partial charge >= 0.3 is 0 Å². The number of nitrogen functional groups attached to an aromatic ring is 1. The van der Waals surface area contributed by atoms with Gasteiger partial charge < -0.3 is 15.6 Å². The SMILES string of the molecule is CCC(NS(=O)(=O)c1ccc(N)c(O)c1)OC. The number of methoxy groups -OCH3 is 1. The molecule has 0 saturated heterocycles. The van der Waals surface area contributed by atoms with E-state index in [1.165, 1.54) is 19.2 Å². The van der Waals surface area contributed by atoms with E-state index in [-0.39, 0.29) is 16.3 Å². The van der Waals surface area contributed by atoms with Gasteiger partial charge in [0, 0.05) is 13.2 Å². The van der Waals surface area contributed by atoms with E-state index in [4.69, 9.17) is 10.5 Å². The van der Waals surface area contributed by atoms with Crippen molar-refractivity contribution in [1.82, 2.24) is 4.72 Å². The van der Waals surface area contributed by atoms with Crippen molar-refractivity contribution in [3.05, 3.63) is 18.2 Å². The van der Waals surface area contributed by atoms with E-state index in [9.17, 15) is 13.5 Å². The maximum Gasteiger partial charge on any atom is 0.242 e. The number of aromatic hydroxyl groups is 1. The van der Waals surface area contributed by atoms with Crippen LogP contribution in [0.3, 0.4) is 0 Å². The van der Waals surface area contributed by atoms with Gasteiger partial charge in [0.2, 0.25) is 10.0 Å². The van der Waals surface area contributed by atoms with Crippen LogP contribution in [0.2, 0.25) is 0 Å². The number of anilines is 1. The lowest BCUT2D eigenvalue weighted by atomic mass is 10.3. The number of rotatable bonds is 5. The van der Waals surface area contributed by atoms with Gasteiger partial charge in [-0.15, -0.1) is 0 Å². The van der Waals surface area contributed by atoms with E-state index in [1.807, 2.05) is 0 Å². The molecule has 0 aliphatic rings. The Morgan fingerprint density at radius 2 is 2.18 bits per heavy atom. The van der Waals surface area contributed by atoms with Gasteiger partial charge in [0.15, 0.2) is 0 Å². The largest absolute Gasteiger partial charge is 0.506 e. The topological polar surface area (TPSA) is 102 Å². The molecule has 1 aromatic carbocycles. The number of sulfonamides is 1. The molecular weight excluding hydrogens is 244 g/mol. The van der Waals surface area contributed by atoms with Gasteiger partial charge in [-0.05, 0) is 18.6 Å². The Labute approximate surface area is 100 Å². The third kappa shape index (κ3) is 3.32. The number of phenolic OH excluding ortho intramolecular Hbond substituents is 1. The Hall–Kier alpha value is -1.31. The van der Waals surface area contributed by atoms with Crippen LogP contribution in [-0.2, 0) is 14.8 Å². The van der Waals surface area contributed by atoms with Crippen molar-refractivity contribution in [3.63, 3.8) is 0 Å². The molecule has 17 heavy (non-hydrogen) atoms. The lowest BCUT2D eigenvalue weighted by molar-refractivity contribution is 0.0906. The second-order valence-corrected chi connectivity index (χ2v) is 5.19. The summed E-state index contributed by atoms with van der Waals surface area (Å²) in [5.74, 6) is -0.265. The number of ether oxygens (including phenoxy) is 1. The Bertz CT molecular complexity index is 483. The fraction of sp³-hybridized carbons (Fsp3) is 0.400. The molecule has 0 aromatic heterocycles. The Morgan fingerprint density at radius 1 is 1.53 bits per heavy atom. The zero-order chi connectivity index (χ0) is 13.1. The molecule has 0 heterocycles. The number of hydrogen-bond acceptors (Lipinski definition) is 5. The third-order valence-electron chi connectivity index (χ3n) is 2.25. The van der Waals surface area contributed by atoms with Crippen LogP contribution in [0.1, 0.15) is 13.3 Å².